The van der Waals surface area contributed by atoms with E-state index in [1.807, 2.05) is 12.1 Å². The lowest BCUT2D eigenvalue weighted by atomic mass is 10.2. The number of rotatable bonds is 2. The lowest BCUT2D eigenvalue weighted by Crippen LogP contribution is -2.05. The Balaban J connectivity index is 2.58. The average Bonchev–Trinajstić information content (AvgIpc) is 2.70. The number of hydrogen-bond donors (Lipinski definition) is 1. The topological polar surface area (TPSA) is 69.6 Å². The van der Waals surface area contributed by atoms with Gasteiger partial charge in [0.15, 0.2) is 0 Å². The molecule has 0 bridgehead atoms. The second kappa shape index (κ2) is 3.73. The van der Waals surface area contributed by atoms with Crippen LogP contribution in [0, 0.1) is 0 Å². The van der Waals surface area contributed by atoms with Gasteiger partial charge >= 0.3 is 0 Å². The molecule has 1 aromatic carbocycles. The SMILES string of the molecule is NCc1c(Cl)cccc1-n1cnnn1. The standard InChI is InChI=1S/C8H8ClN5/c9-7-2-1-3-8(6(7)4-10)14-5-11-12-13-14/h1-3,5H,4,10H2. The van der Waals surface area contributed by atoms with E-state index in [1.165, 1.54) is 11.0 Å². The Bertz CT molecular complexity index is 425. The molecule has 1 aromatic heterocycles. The van der Waals surface area contributed by atoms with Crippen molar-refractivity contribution in [2.45, 2.75) is 6.54 Å². The predicted molar refractivity (Wildman–Crippen MR) is 52.1 cm³/mol. The molecule has 2 N–H and O–H groups in total. The van der Waals surface area contributed by atoms with Crippen LogP contribution in [0.15, 0.2) is 24.5 Å². The highest BCUT2D eigenvalue weighted by Crippen LogP contribution is 2.21. The van der Waals surface area contributed by atoms with Crippen molar-refractivity contribution in [2.75, 3.05) is 0 Å². The summed E-state index contributed by atoms with van der Waals surface area (Å²) in [7, 11) is 0. The molecule has 2 aromatic rings. The highest BCUT2D eigenvalue weighted by Gasteiger charge is 2.07. The van der Waals surface area contributed by atoms with Gasteiger partial charge < -0.3 is 5.73 Å². The number of benzene rings is 1. The van der Waals surface area contributed by atoms with Crippen LogP contribution in [0.2, 0.25) is 5.02 Å². The number of hydrogen-bond acceptors (Lipinski definition) is 4. The van der Waals surface area contributed by atoms with Crippen LogP contribution in [-0.4, -0.2) is 20.2 Å². The van der Waals surface area contributed by atoms with E-state index in [2.05, 4.69) is 15.5 Å². The van der Waals surface area contributed by atoms with E-state index >= 15 is 0 Å². The van der Waals surface area contributed by atoms with Gasteiger partial charge in [-0.2, -0.15) is 0 Å². The Morgan fingerprint density at radius 1 is 1.43 bits per heavy atom. The van der Waals surface area contributed by atoms with E-state index in [0.717, 1.165) is 11.3 Å². The quantitative estimate of drug-likeness (QED) is 0.794. The second-order valence-electron chi connectivity index (χ2n) is 2.70. The molecular weight excluding hydrogens is 202 g/mol. The molecule has 72 valence electrons. The first-order valence-electron chi connectivity index (χ1n) is 4.03. The van der Waals surface area contributed by atoms with E-state index in [0.29, 0.717) is 11.6 Å². The summed E-state index contributed by atoms with van der Waals surface area (Å²) < 4.78 is 1.54. The van der Waals surface area contributed by atoms with Gasteiger partial charge in [0.1, 0.15) is 6.33 Å². The first-order chi connectivity index (χ1) is 6.83. The second-order valence-corrected chi connectivity index (χ2v) is 3.10. The minimum absolute atomic E-state index is 0.356. The van der Waals surface area contributed by atoms with E-state index in [-0.39, 0.29) is 0 Å². The van der Waals surface area contributed by atoms with Crippen molar-refractivity contribution in [3.63, 3.8) is 0 Å². The molecule has 0 aliphatic heterocycles. The molecule has 14 heavy (non-hydrogen) atoms. The summed E-state index contributed by atoms with van der Waals surface area (Å²) in [6, 6.07) is 5.49. The molecular formula is C8H8ClN5. The van der Waals surface area contributed by atoms with Crippen molar-refractivity contribution < 1.29 is 0 Å². The van der Waals surface area contributed by atoms with Crippen LogP contribution in [0.25, 0.3) is 5.69 Å². The molecule has 5 nitrogen and oxygen atoms in total. The third-order valence-electron chi connectivity index (χ3n) is 1.89. The summed E-state index contributed by atoms with van der Waals surface area (Å²) in [6.45, 7) is 0.356. The maximum absolute atomic E-state index is 5.98. The Morgan fingerprint density at radius 2 is 2.29 bits per heavy atom. The molecule has 0 unspecified atom stereocenters. The van der Waals surface area contributed by atoms with Gasteiger partial charge in [0.2, 0.25) is 0 Å². The largest absolute Gasteiger partial charge is 0.326 e. The summed E-state index contributed by atoms with van der Waals surface area (Å²) in [6.07, 6.45) is 1.50. The maximum atomic E-state index is 5.98. The molecule has 0 saturated carbocycles. The summed E-state index contributed by atoms with van der Waals surface area (Å²) in [5.74, 6) is 0. The van der Waals surface area contributed by atoms with Crippen molar-refractivity contribution in [3.8, 4) is 5.69 Å². The molecule has 0 spiro atoms. The van der Waals surface area contributed by atoms with Gasteiger partial charge in [-0.05, 0) is 22.6 Å². The minimum Gasteiger partial charge on any atom is -0.326 e. The van der Waals surface area contributed by atoms with Crippen molar-refractivity contribution in [3.05, 3.63) is 35.1 Å². The molecule has 0 aliphatic carbocycles. The fraction of sp³-hybridized carbons (Fsp3) is 0.125. The molecule has 0 atom stereocenters. The van der Waals surface area contributed by atoms with E-state index in [9.17, 15) is 0 Å². The minimum atomic E-state index is 0.356. The number of halogens is 1. The number of nitrogens with zero attached hydrogens (tertiary/aromatic N) is 4. The Labute approximate surface area is 85.5 Å². The smallest absolute Gasteiger partial charge is 0.143 e. The van der Waals surface area contributed by atoms with E-state index < -0.39 is 0 Å². The number of aromatic nitrogens is 4. The van der Waals surface area contributed by atoms with Crippen LogP contribution < -0.4 is 5.73 Å². The molecule has 0 aliphatic rings. The molecule has 6 heteroatoms. The fourth-order valence-corrected chi connectivity index (χ4v) is 1.48. The van der Waals surface area contributed by atoms with Crippen molar-refractivity contribution in [1.29, 1.82) is 0 Å². The summed E-state index contributed by atoms with van der Waals surface area (Å²) in [5, 5.41) is 11.5. The Hall–Kier alpha value is -1.46. The van der Waals surface area contributed by atoms with Gasteiger partial charge in [-0.3, -0.25) is 0 Å². The molecule has 1 heterocycles. The normalized spacial score (nSPS) is 10.4. The van der Waals surface area contributed by atoms with Gasteiger partial charge in [-0.1, -0.05) is 17.7 Å². The third kappa shape index (κ3) is 1.47. The third-order valence-corrected chi connectivity index (χ3v) is 2.25. The summed E-state index contributed by atoms with van der Waals surface area (Å²) in [4.78, 5) is 0. The molecule has 0 amide bonds. The zero-order chi connectivity index (χ0) is 9.97. The lowest BCUT2D eigenvalue weighted by molar-refractivity contribution is 0.780. The van der Waals surface area contributed by atoms with Crippen molar-refractivity contribution >= 4 is 11.6 Å². The van der Waals surface area contributed by atoms with E-state index in [1.54, 1.807) is 6.07 Å². The molecule has 2 rings (SSSR count). The lowest BCUT2D eigenvalue weighted by Gasteiger charge is -2.07. The first kappa shape index (κ1) is 9.11. The zero-order valence-corrected chi connectivity index (χ0v) is 8.02. The molecule has 0 fully saturated rings. The Morgan fingerprint density at radius 3 is 2.93 bits per heavy atom. The van der Waals surface area contributed by atoms with Crippen molar-refractivity contribution in [1.82, 2.24) is 20.2 Å². The number of tetrazole rings is 1. The van der Waals surface area contributed by atoms with E-state index in [4.69, 9.17) is 17.3 Å². The predicted octanol–water partition coefficient (Wildman–Crippen LogP) is 0.774. The van der Waals surface area contributed by atoms with Gasteiger partial charge in [-0.25, -0.2) is 4.68 Å². The van der Waals surface area contributed by atoms with Crippen LogP contribution in [0.1, 0.15) is 5.56 Å². The maximum Gasteiger partial charge on any atom is 0.143 e. The van der Waals surface area contributed by atoms with Gasteiger partial charge in [0, 0.05) is 17.1 Å². The zero-order valence-electron chi connectivity index (χ0n) is 7.26. The Kier molecular flexibility index (Phi) is 2.43. The number of nitrogens with two attached hydrogens (primary N) is 1. The van der Waals surface area contributed by atoms with Gasteiger partial charge in [0.05, 0.1) is 5.69 Å². The molecule has 0 radical (unpaired) electrons. The van der Waals surface area contributed by atoms with Crippen LogP contribution in [-0.2, 0) is 6.54 Å². The van der Waals surface area contributed by atoms with Gasteiger partial charge in [-0.15, -0.1) is 5.10 Å². The summed E-state index contributed by atoms with van der Waals surface area (Å²) >= 11 is 5.98. The fourth-order valence-electron chi connectivity index (χ4n) is 1.24. The highest BCUT2D eigenvalue weighted by molar-refractivity contribution is 6.31. The van der Waals surface area contributed by atoms with Crippen LogP contribution in [0.4, 0.5) is 0 Å². The van der Waals surface area contributed by atoms with Crippen LogP contribution in [0.5, 0.6) is 0 Å². The van der Waals surface area contributed by atoms with Crippen LogP contribution in [0.3, 0.4) is 0 Å². The molecule has 0 saturated heterocycles. The monoisotopic (exact) mass is 209 g/mol. The van der Waals surface area contributed by atoms with Crippen molar-refractivity contribution in [2.24, 2.45) is 5.73 Å². The highest BCUT2D eigenvalue weighted by atomic mass is 35.5. The average molecular weight is 210 g/mol. The summed E-state index contributed by atoms with van der Waals surface area (Å²) in [5.41, 5.74) is 7.24. The first-order valence-corrected chi connectivity index (χ1v) is 4.41. The van der Waals surface area contributed by atoms with Gasteiger partial charge in [0.25, 0.3) is 0 Å². The van der Waals surface area contributed by atoms with Crippen LogP contribution >= 0.6 is 11.6 Å².